The largest absolute Gasteiger partial charge is 0.396 e. The summed E-state index contributed by atoms with van der Waals surface area (Å²) in [4.78, 5) is 4.03. The number of aromatic nitrogens is 4. The molecule has 0 saturated heterocycles. The summed E-state index contributed by atoms with van der Waals surface area (Å²) < 4.78 is 2.13. The first kappa shape index (κ1) is 15.0. The number of pyridine rings is 1. The highest BCUT2D eigenvalue weighted by molar-refractivity contribution is 7.99. The average molecular weight is 292 g/mol. The predicted octanol–water partition coefficient (Wildman–Crippen LogP) is 2.61. The number of hydrogen-bond donors (Lipinski definition) is 1. The van der Waals surface area contributed by atoms with Gasteiger partial charge in [0.25, 0.3) is 0 Å². The summed E-state index contributed by atoms with van der Waals surface area (Å²) >= 11 is 1.73. The number of thioether (sulfide) groups is 1. The van der Waals surface area contributed by atoms with Gasteiger partial charge in [-0.1, -0.05) is 18.2 Å². The highest BCUT2D eigenvalue weighted by Crippen LogP contribution is 2.24. The zero-order valence-electron chi connectivity index (χ0n) is 11.7. The second-order valence-corrected chi connectivity index (χ2v) is 5.48. The van der Waals surface area contributed by atoms with E-state index in [1.54, 1.807) is 24.2 Å². The van der Waals surface area contributed by atoms with Crippen LogP contribution >= 0.6 is 11.8 Å². The first-order valence-electron chi connectivity index (χ1n) is 6.94. The molecule has 0 aromatic carbocycles. The van der Waals surface area contributed by atoms with Crippen LogP contribution in [0.5, 0.6) is 0 Å². The van der Waals surface area contributed by atoms with Crippen molar-refractivity contribution in [2.45, 2.75) is 37.9 Å². The van der Waals surface area contributed by atoms with Crippen molar-refractivity contribution in [3.63, 3.8) is 0 Å². The molecular weight excluding hydrogens is 272 g/mol. The van der Waals surface area contributed by atoms with Crippen molar-refractivity contribution < 1.29 is 5.11 Å². The summed E-state index contributed by atoms with van der Waals surface area (Å²) in [5, 5.41) is 18.3. The van der Waals surface area contributed by atoms with E-state index in [2.05, 4.69) is 26.7 Å². The van der Waals surface area contributed by atoms with Gasteiger partial charge in [0, 0.05) is 36.9 Å². The van der Waals surface area contributed by atoms with Crippen molar-refractivity contribution in [1.82, 2.24) is 19.7 Å². The molecule has 0 fully saturated rings. The van der Waals surface area contributed by atoms with Gasteiger partial charge in [0.05, 0.1) is 0 Å². The molecule has 108 valence electrons. The van der Waals surface area contributed by atoms with Crippen molar-refractivity contribution in [3.05, 3.63) is 24.5 Å². The highest BCUT2D eigenvalue weighted by atomic mass is 32.2. The van der Waals surface area contributed by atoms with E-state index in [1.807, 2.05) is 12.1 Å². The van der Waals surface area contributed by atoms with Crippen LogP contribution in [-0.4, -0.2) is 37.2 Å². The van der Waals surface area contributed by atoms with Crippen molar-refractivity contribution in [1.29, 1.82) is 0 Å². The van der Waals surface area contributed by atoms with Crippen molar-refractivity contribution in [2.24, 2.45) is 0 Å². The lowest BCUT2D eigenvalue weighted by atomic mass is 10.2. The standard InChI is InChI=1S/C14H20N4OS/c1-2-18-13(12-6-8-15-9-7-12)16-17-14(18)20-11-5-3-4-10-19/h6-9,19H,2-5,10-11H2,1H3. The lowest BCUT2D eigenvalue weighted by Gasteiger charge is -2.06. The monoisotopic (exact) mass is 292 g/mol. The van der Waals surface area contributed by atoms with E-state index in [0.717, 1.165) is 48.1 Å². The third-order valence-corrected chi connectivity index (χ3v) is 4.06. The SMILES string of the molecule is CCn1c(SCCCCCO)nnc1-c1ccncc1. The van der Waals surface area contributed by atoms with Crippen LogP contribution in [-0.2, 0) is 6.54 Å². The van der Waals surface area contributed by atoms with E-state index in [9.17, 15) is 0 Å². The lowest BCUT2D eigenvalue weighted by molar-refractivity contribution is 0.284. The number of unbranched alkanes of at least 4 members (excludes halogenated alkanes) is 2. The Morgan fingerprint density at radius 2 is 1.95 bits per heavy atom. The molecule has 6 heteroatoms. The second kappa shape index (κ2) is 8.01. The van der Waals surface area contributed by atoms with Gasteiger partial charge >= 0.3 is 0 Å². The first-order valence-corrected chi connectivity index (χ1v) is 7.92. The van der Waals surface area contributed by atoms with Gasteiger partial charge in [0.15, 0.2) is 11.0 Å². The number of aliphatic hydroxyl groups excluding tert-OH is 1. The molecule has 0 radical (unpaired) electrons. The van der Waals surface area contributed by atoms with Gasteiger partial charge in [-0.3, -0.25) is 4.98 Å². The second-order valence-electron chi connectivity index (χ2n) is 4.42. The summed E-state index contributed by atoms with van der Waals surface area (Å²) in [6, 6.07) is 3.90. The smallest absolute Gasteiger partial charge is 0.191 e. The van der Waals surface area contributed by atoms with E-state index in [-0.39, 0.29) is 6.61 Å². The number of aliphatic hydroxyl groups is 1. The molecule has 0 aliphatic rings. The zero-order valence-corrected chi connectivity index (χ0v) is 12.5. The maximum atomic E-state index is 8.76. The summed E-state index contributed by atoms with van der Waals surface area (Å²) in [5.41, 5.74) is 1.04. The number of nitrogens with zero attached hydrogens (tertiary/aromatic N) is 4. The normalized spacial score (nSPS) is 10.9. The quantitative estimate of drug-likeness (QED) is 0.598. The molecule has 0 bridgehead atoms. The summed E-state index contributed by atoms with van der Waals surface area (Å²) in [6.45, 7) is 3.23. The molecule has 0 unspecified atom stereocenters. The molecule has 0 spiro atoms. The molecule has 2 aromatic rings. The fraction of sp³-hybridized carbons (Fsp3) is 0.500. The molecule has 0 amide bonds. The van der Waals surface area contributed by atoms with Crippen LogP contribution in [0.1, 0.15) is 26.2 Å². The van der Waals surface area contributed by atoms with Crippen molar-refractivity contribution >= 4 is 11.8 Å². The van der Waals surface area contributed by atoms with Crippen LogP contribution in [0.15, 0.2) is 29.7 Å². The van der Waals surface area contributed by atoms with Crippen LogP contribution in [0.4, 0.5) is 0 Å². The lowest BCUT2D eigenvalue weighted by Crippen LogP contribution is -2.00. The molecule has 2 rings (SSSR count). The third kappa shape index (κ3) is 3.80. The van der Waals surface area contributed by atoms with Gasteiger partial charge in [-0.15, -0.1) is 10.2 Å². The van der Waals surface area contributed by atoms with Gasteiger partial charge in [0.1, 0.15) is 0 Å². The highest BCUT2D eigenvalue weighted by Gasteiger charge is 2.12. The van der Waals surface area contributed by atoms with E-state index < -0.39 is 0 Å². The summed E-state index contributed by atoms with van der Waals surface area (Å²) in [7, 11) is 0. The minimum Gasteiger partial charge on any atom is -0.396 e. The number of hydrogen-bond acceptors (Lipinski definition) is 5. The maximum absolute atomic E-state index is 8.76. The van der Waals surface area contributed by atoms with E-state index in [1.165, 1.54) is 0 Å². The van der Waals surface area contributed by atoms with Gasteiger partial charge in [-0.2, -0.15) is 0 Å². The Hall–Kier alpha value is -1.40. The van der Waals surface area contributed by atoms with E-state index >= 15 is 0 Å². The Kier molecular flexibility index (Phi) is 6.01. The average Bonchev–Trinajstić information content (AvgIpc) is 2.91. The summed E-state index contributed by atoms with van der Waals surface area (Å²) in [5.74, 6) is 1.90. The first-order chi connectivity index (χ1) is 9.86. The fourth-order valence-corrected chi connectivity index (χ4v) is 2.95. The van der Waals surface area contributed by atoms with Gasteiger partial charge in [-0.25, -0.2) is 0 Å². The van der Waals surface area contributed by atoms with Gasteiger partial charge < -0.3 is 9.67 Å². The van der Waals surface area contributed by atoms with Crippen LogP contribution in [0.2, 0.25) is 0 Å². The Morgan fingerprint density at radius 3 is 2.65 bits per heavy atom. The molecule has 0 aliphatic heterocycles. The third-order valence-electron chi connectivity index (χ3n) is 3.01. The molecule has 0 aliphatic carbocycles. The molecule has 2 heterocycles. The number of rotatable bonds is 8. The Balaban J connectivity index is 2.02. The molecule has 1 N–H and O–H groups in total. The summed E-state index contributed by atoms with van der Waals surface area (Å²) in [6.07, 6.45) is 6.56. The molecular formula is C14H20N4OS. The van der Waals surface area contributed by atoms with Crippen LogP contribution in [0.25, 0.3) is 11.4 Å². The maximum Gasteiger partial charge on any atom is 0.191 e. The van der Waals surface area contributed by atoms with Crippen LogP contribution < -0.4 is 0 Å². The molecule has 0 atom stereocenters. The van der Waals surface area contributed by atoms with E-state index in [0.29, 0.717) is 0 Å². The van der Waals surface area contributed by atoms with Crippen molar-refractivity contribution in [3.8, 4) is 11.4 Å². The molecule has 20 heavy (non-hydrogen) atoms. The Labute approximate surface area is 123 Å². The van der Waals surface area contributed by atoms with Crippen LogP contribution in [0.3, 0.4) is 0 Å². The Morgan fingerprint density at radius 1 is 1.15 bits per heavy atom. The fourth-order valence-electron chi connectivity index (χ4n) is 1.95. The van der Waals surface area contributed by atoms with Crippen LogP contribution in [0, 0.1) is 0 Å². The molecule has 0 saturated carbocycles. The molecule has 2 aromatic heterocycles. The van der Waals surface area contributed by atoms with Gasteiger partial charge in [-0.05, 0) is 31.9 Å². The molecule has 5 nitrogen and oxygen atoms in total. The van der Waals surface area contributed by atoms with E-state index in [4.69, 9.17) is 5.11 Å². The minimum atomic E-state index is 0.280. The van der Waals surface area contributed by atoms with Crippen molar-refractivity contribution in [2.75, 3.05) is 12.4 Å². The van der Waals surface area contributed by atoms with Gasteiger partial charge in [0.2, 0.25) is 0 Å². The minimum absolute atomic E-state index is 0.280. The Bertz CT molecular complexity index is 515. The predicted molar refractivity (Wildman–Crippen MR) is 80.6 cm³/mol. The zero-order chi connectivity index (χ0) is 14.2. The topological polar surface area (TPSA) is 63.8 Å².